The second-order valence-electron chi connectivity index (χ2n) is 4.76. The van der Waals surface area contributed by atoms with Crippen molar-refractivity contribution in [2.24, 2.45) is 5.73 Å². The zero-order valence-electron chi connectivity index (χ0n) is 10.2. The highest BCUT2D eigenvalue weighted by atomic mass is 35.5. The summed E-state index contributed by atoms with van der Waals surface area (Å²) >= 11 is 6.06. The SMILES string of the molecule is NCC(c1cccc(Cl)c1)N1CCCCCC1. The molecule has 1 saturated heterocycles. The van der Waals surface area contributed by atoms with Crippen LogP contribution in [0.3, 0.4) is 0 Å². The van der Waals surface area contributed by atoms with E-state index in [0.29, 0.717) is 12.6 Å². The molecule has 1 atom stereocenters. The average molecular weight is 253 g/mol. The molecule has 1 heterocycles. The molecule has 0 aliphatic carbocycles. The van der Waals surface area contributed by atoms with Crippen molar-refractivity contribution in [3.63, 3.8) is 0 Å². The van der Waals surface area contributed by atoms with E-state index in [9.17, 15) is 0 Å². The summed E-state index contributed by atoms with van der Waals surface area (Å²) in [4.78, 5) is 2.51. The van der Waals surface area contributed by atoms with Crippen LogP contribution in [-0.2, 0) is 0 Å². The molecule has 0 saturated carbocycles. The minimum absolute atomic E-state index is 0.326. The third kappa shape index (κ3) is 3.44. The lowest BCUT2D eigenvalue weighted by molar-refractivity contribution is 0.210. The van der Waals surface area contributed by atoms with Crippen molar-refractivity contribution < 1.29 is 0 Å². The van der Waals surface area contributed by atoms with Gasteiger partial charge in [-0.1, -0.05) is 36.6 Å². The Kier molecular flexibility index (Phi) is 4.84. The largest absolute Gasteiger partial charge is 0.329 e. The van der Waals surface area contributed by atoms with Crippen LogP contribution in [0.1, 0.15) is 37.3 Å². The van der Waals surface area contributed by atoms with Gasteiger partial charge in [-0.05, 0) is 43.6 Å². The quantitative estimate of drug-likeness (QED) is 0.895. The number of halogens is 1. The molecule has 0 bridgehead atoms. The Bertz CT molecular complexity index is 346. The molecule has 2 nitrogen and oxygen atoms in total. The smallest absolute Gasteiger partial charge is 0.0470 e. The van der Waals surface area contributed by atoms with Crippen molar-refractivity contribution in [2.45, 2.75) is 31.7 Å². The third-order valence-electron chi connectivity index (χ3n) is 3.54. The lowest BCUT2D eigenvalue weighted by Gasteiger charge is -2.30. The van der Waals surface area contributed by atoms with Crippen LogP contribution in [-0.4, -0.2) is 24.5 Å². The summed E-state index contributed by atoms with van der Waals surface area (Å²) in [6.07, 6.45) is 5.28. The van der Waals surface area contributed by atoms with Gasteiger partial charge in [-0.15, -0.1) is 0 Å². The Morgan fingerprint density at radius 1 is 1.18 bits per heavy atom. The van der Waals surface area contributed by atoms with E-state index in [-0.39, 0.29) is 0 Å². The Morgan fingerprint density at radius 2 is 1.88 bits per heavy atom. The van der Waals surface area contributed by atoms with E-state index in [1.807, 2.05) is 18.2 Å². The van der Waals surface area contributed by atoms with Crippen LogP contribution >= 0.6 is 11.6 Å². The Hall–Kier alpha value is -0.570. The molecule has 0 radical (unpaired) electrons. The maximum Gasteiger partial charge on any atom is 0.0470 e. The van der Waals surface area contributed by atoms with Crippen LogP contribution in [0.5, 0.6) is 0 Å². The predicted octanol–water partition coefficient (Wildman–Crippen LogP) is 3.22. The van der Waals surface area contributed by atoms with Gasteiger partial charge in [0, 0.05) is 17.6 Å². The fourth-order valence-electron chi connectivity index (χ4n) is 2.62. The number of hydrogen-bond acceptors (Lipinski definition) is 2. The maximum absolute atomic E-state index is 6.06. The van der Waals surface area contributed by atoms with Crippen molar-refractivity contribution in [1.29, 1.82) is 0 Å². The standard InChI is InChI=1S/C14H21ClN2/c15-13-7-5-6-12(10-13)14(11-16)17-8-3-1-2-4-9-17/h5-7,10,14H,1-4,8-9,11,16H2. The Labute approximate surface area is 109 Å². The van der Waals surface area contributed by atoms with Gasteiger partial charge in [0.1, 0.15) is 0 Å². The van der Waals surface area contributed by atoms with Gasteiger partial charge >= 0.3 is 0 Å². The van der Waals surface area contributed by atoms with Gasteiger partial charge in [0.25, 0.3) is 0 Å². The van der Waals surface area contributed by atoms with E-state index in [4.69, 9.17) is 17.3 Å². The molecule has 1 fully saturated rings. The fourth-order valence-corrected chi connectivity index (χ4v) is 2.82. The maximum atomic E-state index is 6.06. The van der Waals surface area contributed by atoms with Crippen molar-refractivity contribution in [3.05, 3.63) is 34.9 Å². The summed E-state index contributed by atoms with van der Waals surface area (Å²) in [5, 5.41) is 0.802. The molecule has 1 unspecified atom stereocenters. The first-order valence-electron chi connectivity index (χ1n) is 6.51. The van der Waals surface area contributed by atoms with Gasteiger partial charge in [0.15, 0.2) is 0 Å². The van der Waals surface area contributed by atoms with Gasteiger partial charge < -0.3 is 5.73 Å². The first-order chi connectivity index (χ1) is 8.31. The number of rotatable bonds is 3. The second-order valence-corrected chi connectivity index (χ2v) is 5.19. The van der Waals surface area contributed by atoms with Crippen LogP contribution < -0.4 is 5.73 Å². The highest BCUT2D eigenvalue weighted by molar-refractivity contribution is 6.30. The number of benzene rings is 1. The molecular weight excluding hydrogens is 232 g/mol. The molecule has 2 rings (SSSR count). The lowest BCUT2D eigenvalue weighted by atomic mass is 10.1. The van der Waals surface area contributed by atoms with Crippen molar-refractivity contribution in [2.75, 3.05) is 19.6 Å². The van der Waals surface area contributed by atoms with E-state index in [1.54, 1.807) is 0 Å². The van der Waals surface area contributed by atoms with E-state index in [0.717, 1.165) is 18.1 Å². The summed E-state index contributed by atoms with van der Waals surface area (Å²) in [7, 11) is 0. The molecule has 17 heavy (non-hydrogen) atoms. The second kappa shape index (κ2) is 6.39. The number of nitrogens with zero attached hydrogens (tertiary/aromatic N) is 1. The molecule has 94 valence electrons. The minimum atomic E-state index is 0.326. The fraction of sp³-hybridized carbons (Fsp3) is 0.571. The minimum Gasteiger partial charge on any atom is -0.329 e. The molecule has 3 heteroatoms. The number of nitrogens with two attached hydrogens (primary N) is 1. The van der Waals surface area contributed by atoms with Crippen LogP contribution in [0, 0.1) is 0 Å². The first-order valence-corrected chi connectivity index (χ1v) is 6.88. The topological polar surface area (TPSA) is 29.3 Å². The number of likely N-dealkylation sites (tertiary alicyclic amines) is 1. The van der Waals surface area contributed by atoms with E-state index in [1.165, 1.54) is 31.2 Å². The van der Waals surface area contributed by atoms with Crippen LogP contribution in [0.15, 0.2) is 24.3 Å². The monoisotopic (exact) mass is 252 g/mol. The molecular formula is C14H21ClN2. The van der Waals surface area contributed by atoms with Crippen LogP contribution in [0.25, 0.3) is 0 Å². The predicted molar refractivity (Wildman–Crippen MR) is 73.3 cm³/mol. The molecule has 0 amide bonds. The summed E-state index contributed by atoms with van der Waals surface area (Å²) in [5.74, 6) is 0. The zero-order valence-corrected chi connectivity index (χ0v) is 11.0. The van der Waals surface area contributed by atoms with Gasteiger partial charge in [-0.3, -0.25) is 4.90 Å². The summed E-state index contributed by atoms with van der Waals surface area (Å²) in [6, 6.07) is 8.43. The van der Waals surface area contributed by atoms with Gasteiger partial charge in [-0.25, -0.2) is 0 Å². The molecule has 0 spiro atoms. The van der Waals surface area contributed by atoms with E-state index >= 15 is 0 Å². The summed E-state index contributed by atoms with van der Waals surface area (Å²) in [6.45, 7) is 2.99. The molecule has 1 aliphatic rings. The molecule has 0 aromatic heterocycles. The third-order valence-corrected chi connectivity index (χ3v) is 3.77. The van der Waals surface area contributed by atoms with Gasteiger partial charge in [-0.2, -0.15) is 0 Å². The van der Waals surface area contributed by atoms with Crippen LogP contribution in [0.4, 0.5) is 0 Å². The van der Waals surface area contributed by atoms with Crippen molar-refractivity contribution in [3.8, 4) is 0 Å². The van der Waals surface area contributed by atoms with Crippen molar-refractivity contribution in [1.82, 2.24) is 4.90 Å². The van der Waals surface area contributed by atoms with Gasteiger partial charge in [0.05, 0.1) is 0 Å². The molecule has 1 aromatic rings. The molecule has 2 N–H and O–H groups in total. The number of hydrogen-bond donors (Lipinski definition) is 1. The van der Waals surface area contributed by atoms with Crippen molar-refractivity contribution >= 4 is 11.6 Å². The van der Waals surface area contributed by atoms with E-state index < -0.39 is 0 Å². The van der Waals surface area contributed by atoms with E-state index in [2.05, 4.69) is 11.0 Å². The zero-order chi connectivity index (χ0) is 12.1. The average Bonchev–Trinajstić information content (AvgIpc) is 2.59. The summed E-state index contributed by atoms with van der Waals surface area (Å²) in [5.41, 5.74) is 7.20. The highest BCUT2D eigenvalue weighted by Crippen LogP contribution is 2.25. The van der Waals surface area contributed by atoms with Gasteiger partial charge in [0.2, 0.25) is 0 Å². The lowest BCUT2D eigenvalue weighted by Crippen LogP contribution is -2.34. The first kappa shape index (κ1) is 12.9. The normalized spacial score (nSPS) is 19.9. The highest BCUT2D eigenvalue weighted by Gasteiger charge is 2.20. The Balaban J connectivity index is 2.14. The molecule has 1 aromatic carbocycles. The molecule has 1 aliphatic heterocycles. The Morgan fingerprint density at radius 3 is 2.47 bits per heavy atom. The summed E-state index contributed by atoms with van der Waals surface area (Å²) < 4.78 is 0. The van der Waals surface area contributed by atoms with Crippen LogP contribution in [0.2, 0.25) is 5.02 Å².